The van der Waals surface area contributed by atoms with Gasteiger partial charge in [0.2, 0.25) is 0 Å². The maximum absolute atomic E-state index is 13.2. The first kappa shape index (κ1) is 27.0. The van der Waals surface area contributed by atoms with Crippen LogP contribution in [-0.4, -0.2) is 8.32 Å². The molecule has 0 saturated heterocycles. The molecule has 0 bridgehead atoms. The highest BCUT2D eigenvalue weighted by molar-refractivity contribution is 6.73. The van der Waals surface area contributed by atoms with Crippen LogP contribution in [0.3, 0.4) is 0 Å². The Hall–Kier alpha value is -1.02. The minimum Gasteiger partial charge on any atom is -0.410 e. The topological polar surface area (TPSA) is 9.23 Å². The molecular weight excluding hydrogens is 422 g/mol. The van der Waals surface area contributed by atoms with E-state index in [4.69, 9.17) is 4.43 Å². The van der Waals surface area contributed by atoms with Crippen LogP contribution < -0.4 is 0 Å². The molecule has 1 aromatic rings. The third-order valence-electron chi connectivity index (χ3n) is 5.46. The van der Waals surface area contributed by atoms with Crippen LogP contribution in [0.15, 0.2) is 18.2 Å². The van der Waals surface area contributed by atoms with Crippen molar-refractivity contribution in [2.45, 2.75) is 103 Å². The normalized spacial score (nSPS) is 14.2. The molecule has 1 nitrogen and oxygen atoms in total. The van der Waals surface area contributed by atoms with Crippen LogP contribution >= 0.6 is 0 Å². The van der Waals surface area contributed by atoms with Crippen LogP contribution in [0, 0.1) is 0 Å². The summed E-state index contributed by atoms with van der Waals surface area (Å²) in [7, 11) is -2.29. The van der Waals surface area contributed by atoms with Crippen molar-refractivity contribution in [3.8, 4) is 0 Å². The molecule has 0 amide bonds. The van der Waals surface area contributed by atoms with E-state index in [-0.39, 0.29) is 11.6 Å². The summed E-state index contributed by atoms with van der Waals surface area (Å²) in [5, 5.41) is 0. The first-order valence-electron chi connectivity index (χ1n) is 10.9. The molecule has 0 aliphatic heterocycles. The molecule has 30 heavy (non-hydrogen) atoms. The second-order valence-electron chi connectivity index (χ2n) is 8.09. The average molecular weight is 457 g/mol. The van der Waals surface area contributed by atoms with Crippen molar-refractivity contribution in [2.24, 2.45) is 0 Å². The molecule has 0 fully saturated rings. The van der Waals surface area contributed by atoms with Gasteiger partial charge in [-0.3, -0.25) is 0 Å². The van der Waals surface area contributed by atoms with Crippen LogP contribution in [0.25, 0.3) is 0 Å². The fourth-order valence-electron chi connectivity index (χ4n) is 3.71. The molecular formula is C22H34F6OSi. The van der Waals surface area contributed by atoms with Gasteiger partial charge in [-0.05, 0) is 48.8 Å². The smallest absolute Gasteiger partial charge is 0.410 e. The summed E-state index contributed by atoms with van der Waals surface area (Å²) in [6.45, 7) is 7.81. The molecule has 0 aliphatic rings. The Morgan fingerprint density at radius 1 is 0.733 bits per heavy atom. The standard InChI is InChI=1S/C22H34F6OSi/c1-5-8-11-30(12-9-6-2,13-10-7-3)29-17(4)18-14-19(21(23,24)25)16-20(15-18)22(26,27)28/h14-17H,5-13H2,1-4H3/t17-/m0/s1. The molecule has 0 unspecified atom stereocenters. The number of halogens is 6. The molecule has 0 aliphatic carbocycles. The van der Waals surface area contributed by atoms with Gasteiger partial charge in [0.1, 0.15) is 0 Å². The van der Waals surface area contributed by atoms with E-state index in [2.05, 4.69) is 20.8 Å². The lowest BCUT2D eigenvalue weighted by atomic mass is 10.0. The van der Waals surface area contributed by atoms with Crippen LogP contribution in [0.1, 0.15) is 89.0 Å². The quantitative estimate of drug-likeness (QED) is 0.225. The Bertz CT molecular complexity index is 587. The van der Waals surface area contributed by atoms with Crippen molar-refractivity contribution in [1.82, 2.24) is 0 Å². The Kier molecular flexibility index (Phi) is 10.4. The van der Waals surface area contributed by atoms with E-state index in [0.29, 0.717) is 0 Å². The second-order valence-corrected chi connectivity index (χ2v) is 12.2. The zero-order valence-corrected chi connectivity index (χ0v) is 19.3. The summed E-state index contributed by atoms with van der Waals surface area (Å²) in [5.74, 6) is 0. The Morgan fingerprint density at radius 2 is 1.10 bits per heavy atom. The molecule has 0 N–H and O–H groups in total. The van der Waals surface area contributed by atoms with E-state index in [9.17, 15) is 26.3 Å². The summed E-state index contributed by atoms with van der Waals surface area (Å²) in [6, 6.07) is 4.44. The fourth-order valence-corrected chi connectivity index (χ4v) is 8.69. The van der Waals surface area contributed by atoms with Gasteiger partial charge in [0.15, 0.2) is 8.32 Å². The monoisotopic (exact) mass is 456 g/mol. The van der Waals surface area contributed by atoms with Gasteiger partial charge in [-0.2, -0.15) is 26.3 Å². The zero-order valence-electron chi connectivity index (χ0n) is 18.3. The van der Waals surface area contributed by atoms with Crippen molar-refractivity contribution in [3.05, 3.63) is 34.9 Å². The molecule has 0 radical (unpaired) electrons. The number of hydrogen-bond donors (Lipinski definition) is 0. The van der Waals surface area contributed by atoms with Crippen LogP contribution in [0.5, 0.6) is 0 Å². The fraction of sp³-hybridized carbons (Fsp3) is 0.727. The van der Waals surface area contributed by atoms with Gasteiger partial charge in [0.25, 0.3) is 0 Å². The minimum absolute atomic E-state index is 0.0569. The first-order chi connectivity index (χ1) is 13.9. The number of alkyl halides is 6. The van der Waals surface area contributed by atoms with Crippen LogP contribution in [0.4, 0.5) is 26.3 Å². The third-order valence-corrected chi connectivity index (χ3v) is 10.1. The van der Waals surface area contributed by atoms with Crippen LogP contribution in [-0.2, 0) is 16.8 Å². The molecule has 0 spiro atoms. The van der Waals surface area contributed by atoms with Crippen molar-refractivity contribution in [2.75, 3.05) is 0 Å². The second kappa shape index (κ2) is 11.6. The summed E-state index contributed by atoms with van der Waals surface area (Å²) < 4.78 is 85.9. The first-order valence-corrected chi connectivity index (χ1v) is 13.4. The lowest BCUT2D eigenvalue weighted by Gasteiger charge is -2.35. The number of unbranched alkanes of at least 4 members (excludes halogenated alkanes) is 3. The summed E-state index contributed by atoms with van der Waals surface area (Å²) in [5.41, 5.74) is -2.63. The molecule has 1 aromatic carbocycles. The Balaban J connectivity index is 3.33. The molecule has 1 rings (SSSR count). The van der Waals surface area contributed by atoms with Gasteiger partial charge in [-0.1, -0.05) is 59.3 Å². The molecule has 174 valence electrons. The average Bonchev–Trinajstić information content (AvgIpc) is 2.67. The molecule has 0 heterocycles. The van der Waals surface area contributed by atoms with E-state index >= 15 is 0 Å². The maximum Gasteiger partial charge on any atom is 0.416 e. The minimum atomic E-state index is -4.85. The maximum atomic E-state index is 13.2. The van der Waals surface area contributed by atoms with Gasteiger partial charge in [-0.15, -0.1) is 0 Å². The number of benzene rings is 1. The largest absolute Gasteiger partial charge is 0.416 e. The summed E-state index contributed by atoms with van der Waals surface area (Å²) >= 11 is 0. The zero-order chi connectivity index (χ0) is 23.0. The van der Waals surface area contributed by atoms with Crippen LogP contribution in [0.2, 0.25) is 18.1 Å². The van der Waals surface area contributed by atoms with E-state index in [1.54, 1.807) is 6.92 Å². The predicted octanol–water partition coefficient (Wildman–Crippen LogP) is 9.15. The Labute approximate surface area is 177 Å². The van der Waals surface area contributed by atoms with Gasteiger partial charge >= 0.3 is 12.4 Å². The highest BCUT2D eigenvalue weighted by Gasteiger charge is 2.39. The van der Waals surface area contributed by atoms with E-state index in [0.717, 1.165) is 68.8 Å². The van der Waals surface area contributed by atoms with Gasteiger partial charge in [-0.25, -0.2) is 0 Å². The molecule has 1 atom stereocenters. The lowest BCUT2D eigenvalue weighted by molar-refractivity contribution is -0.143. The van der Waals surface area contributed by atoms with Gasteiger partial charge in [0, 0.05) is 0 Å². The molecule has 0 saturated carbocycles. The highest BCUT2D eigenvalue weighted by atomic mass is 28.4. The SMILES string of the molecule is CCCC[Si](CCCC)(CCCC)O[C@@H](C)c1cc(C(F)(F)F)cc(C(F)(F)F)c1. The lowest BCUT2D eigenvalue weighted by Crippen LogP contribution is -2.39. The Morgan fingerprint density at radius 3 is 1.40 bits per heavy atom. The predicted molar refractivity (Wildman–Crippen MR) is 111 cm³/mol. The van der Waals surface area contributed by atoms with E-state index in [1.807, 2.05) is 0 Å². The van der Waals surface area contributed by atoms with Crippen molar-refractivity contribution in [1.29, 1.82) is 0 Å². The molecule has 0 aromatic heterocycles. The van der Waals surface area contributed by atoms with Gasteiger partial charge < -0.3 is 4.43 Å². The van der Waals surface area contributed by atoms with E-state index < -0.39 is 37.9 Å². The van der Waals surface area contributed by atoms with E-state index in [1.165, 1.54) is 0 Å². The summed E-state index contributed by atoms with van der Waals surface area (Å²) in [4.78, 5) is 0. The summed E-state index contributed by atoms with van der Waals surface area (Å²) in [6.07, 6.45) is -4.70. The van der Waals surface area contributed by atoms with Crippen molar-refractivity contribution in [3.63, 3.8) is 0 Å². The van der Waals surface area contributed by atoms with Crippen molar-refractivity contribution >= 4 is 8.32 Å². The molecule has 8 heteroatoms. The number of rotatable bonds is 12. The highest BCUT2D eigenvalue weighted by Crippen LogP contribution is 2.40. The van der Waals surface area contributed by atoms with Gasteiger partial charge in [0.05, 0.1) is 17.2 Å². The number of hydrogen-bond acceptors (Lipinski definition) is 1. The third kappa shape index (κ3) is 8.25. The van der Waals surface area contributed by atoms with Crippen molar-refractivity contribution < 1.29 is 30.8 Å².